The molecule has 1 aromatic rings. The van der Waals surface area contributed by atoms with E-state index >= 15 is 0 Å². The van der Waals surface area contributed by atoms with Crippen molar-refractivity contribution in [2.24, 2.45) is 11.7 Å². The molecule has 4 nitrogen and oxygen atoms in total. The molecule has 0 aliphatic heterocycles. The van der Waals surface area contributed by atoms with Crippen molar-refractivity contribution in [3.8, 4) is 0 Å². The normalized spacial score (nSPS) is 13.8. The van der Waals surface area contributed by atoms with Crippen LogP contribution in [0.1, 0.15) is 38.6 Å². The van der Waals surface area contributed by atoms with Gasteiger partial charge in [0, 0.05) is 6.42 Å². The van der Waals surface area contributed by atoms with Crippen LogP contribution in [0.5, 0.6) is 0 Å². The van der Waals surface area contributed by atoms with Crippen molar-refractivity contribution >= 4 is 0 Å². The molecule has 12 heavy (non-hydrogen) atoms. The van der Waals surface area contributed by atoms with Gasteiger partial charge in [0.2, 0.25) is 11.8 Å². The van der Waals surface area contributed by atoms with E-state index in [2.05, 4.69) is 10.2 Å². The molecule has 0 saturated carbocycles. The quantitative estimate of drug-likeness (QED) is 0.740. The van der Waals surface area contributed by atoms with Gasteiger partial charge in [-0.1, -0.05) is 20.8 Å². The summed E-state index contributed by atoms with van der Waals surface area (Å²) in [5, 5.41) is 7.71. The smallest absolute Gasteiger partial charge is 0.233 e. The highest BCUT2D eigenvalue weighted by Crippen LogP contribution is 2.16. The van der Waals surface area contributed by atoms with Gasteiger partial charge in [0.25, 0.3) is 0 Å². The molecule has 0 aliphatic rings. The van der Waals surface area contributed by atoms with Crippen molar-refractivity contribution in [2.45, 2.75) is 33.2 Å². The van der Waals surface area contributed by atoms with Gasteiger partial charge >= 0.3 is 0 Å². The molecule has 1 rings (SSSR count). The molecule has 1 atom stereocenters. The summed E-state index contributed by atoms with van der Waals surface area (Å²) in [6, 6.07) is -0.141. The van der Waals surface area contributed by atoms with Crippen LogP contribution in [0.4, 0.5) is 0 Å². The summed E-state index contributed by atoms with van der Waals surface area (Å²) in [6.45, 7) is 6.03. The Bertz CT molecular complexity index is 244. The third-order valence-corrected chi connectivity index (χ3v) is 1.79. The molecule has 1 aromatic heterocycles. The van der Waals surface area contributed by atoms with E-state index in [1.54, 1.807) is 0 Å². The minimum absolute atomic E-state index is 0.141. The Labute approximate surface area is 72.2 Å². The van der Waals surface area contributed by atoms with E-state index in [1.807, 2.05) is 20.8 Å². The summed E-state index contributed by atoms with van der Waals surface area (Å²) in [5.41, 5.74) is 5.81. The molecule has 1 heterocycles. The zero-order chi connectivity index (χ0) is 9.14. The molecule has 0 spiro atoms. The Hall–Kier alpha value is -0.900. The standard InChI is InChI=1S/C8H15N3O/c1-4-6-10-11-8(12-6)7(9)5(2)3/h5,7H,4,9H2,1-3H3/t7-/m0/s1. The van der Waals surface area contributed by atoms with E-state index in [0.717, 1.165) is 6.42 Å². The van der Waals surface area contributed by atoms with E-state index in [1.165, 1.54) is 0 Å². The summed E-state index contributed by atoms with van der Waals surface area (Å²) in [6.07, 6.45) is 0.762. The second-order valence-electron chi connectivity index (χ2n) is 3.16. The molecule has 68 valence electrons. The molecule has 0 amide bonds. The lowest BCUT2D eigenvalue weighted by Gasteiger charge is -2.09. The predicted molar refractivity (Wildman–Crippen MR) is 45.4 cm³/mol. The average molecular weight is 169 g/mol. The first-order valence-electron chi connectivity index (χ1n) is 4.23. The lowest BCUT2D eigenvalue weighted by molar-refractivity contribution is 0.372. The first-order valence-corrected chi connectivity index (χ1v) is 4.23. The second kappa shape index (κ2) is 3.67. The van der Waals surface area contributed by atoms with Crippen LogP contribution in [-0.2, 0) is 6.42 Å². The molecule has 0 radical (unpaired) electrons. The van der Waals surface area contributed by atoms with Gasteiger partial charge in [-0.15, -0.1) is 10.2 Å². The zero-order valence-corrected chi connectivity index (χ0v) is 7.74. The fourth-order valence-corrected chi connectivity index (χ4v) is 0.829. The highest BCUT2D eigenvalue weighted by Gasteiger charge is 2.16. The third-order valence-electron chi connectivity index (χ3n) is 1.79. The molecule has 4 heteroatoms. The molecule has 0 aromatic carbocycles. The van der Waals surface area contributed by atoms with E-state index < -0.39 is 0 Å². The van der Waals surface area contributed by atoms with Gasteiger partial charge in [0.15, 0.2) is 0 Å². The molecule has 0 bridgehead atoms. The largest absolute Gasteiger partial charge is 0.424 e. The van der Waals surface area contributed by atoms with Gasteiger partial charge in [-0.05, 0) is 5.92 Å². The van der Waals surface area contributed by atoms with Gasteiger partial charge in [-0.3, -0.25) is 0 Å². The number of nitrogens with zero attached hydrogens (tertiary/aromatic N) is 2. The maximum Gasteiger partial charge on any atom is 0.233 e. The van der Waals surface area contributed by atoms with E-state index in [0.29, 0.717) is 17.7 Å². The average Bonchev–Trinajstić information content (AvgIpc) is 2.50. The molecule has 0 fully saturated rings. The summed E-state index contributed by atoms with van der Waals surface area (Å²) < 4.78 is 5.31. The van der Waals surface area contributed by atoms with Crippen molar-refractivity contribution in [1.82, 2.24) is 10.2 Å². The third kappa shape index (κ3) is 1.82. The number of hydrogen-bond acceptors (Lipinski definition) is 4. The van der Waals surface area contributed by atoms with Gasteiger partial charge < -0.3 is 10.2 Å². The van der Waals surface area contributed by atoms with Crippen LogP contribution < -0.4 is 5.73 Å². The van der Waals surface area contributed by atoms with Crippen LogP contribution in [0, 0.1) is 5.92 Å². The van der Waals surface area contributed by atoms with Crippen molar-refractivity contribution in [3.05, 3.63) is 11.8 Å². The van der Waals surface area contributed by atoms with Crippen LogP contribution in [0.2, 0.25) is 0 Å². The molecule has 2 N–H and O–H groups in total. The number of nitrogens with two attached hydrogens (primary N) is 1. The first-order chi connectivity index (χ1) is 5.65. The van der Waals surface area contributed by atoms with E-state index in [4.69, 9.17) is 10.2 Å². The van der Waals surface area contributed by atoms with E-state index in [9.17, 15) is 0 Å². The fourth-order valence-electron chi connectivity index (χ4n) is 0.829. The SMILES string of the molecule is CCc1nnc([C@@H](N)C(C)C)o1. The lowest BCUT2D eigenvalue weighted by Crippen LogP contribution is -2.16. The molecule has 0 saturated heterocycles. The highest BCUT2D eigenvalue weighted by molar-refractivity contribution is 4.89. The number of aryl methyl sites for hydroxylation is 1. The van der Waals surface area contributed by atoms with E-state index in [-0.39, 0.29) is 6.04 Å². The number of rotatable bonds is 3. The van der Waals surface area contributed by atoms with Crippen molar-refractivity contribution in [2.75, 3.05) is 0 Å². The minimum Gasteiger partial charge on any atom is -0.424 e. The highest BCUT2D eigenvalue weighted by atomic mass is 16.4. The predicted octanol–water partition coefficient (Wildman–Crippen LogP) is 1.29. The first kappa shape index (κ1) is 9.19. The van der Waals surface area contributed by atoms with Crippen molar-refractivity contribution in [1.29, 1.82) is 0 Å². The fraction of sp³-hybridized carbons (Fsp3) is 0.750. The summed E-state index contributed by atoms with van der Waals surface area (Å²) in [5.74, 6) is 1.53. The van der Waals surface area contributed by atoms with Crippen LogP contribution in [0.15, 0.2) is 4.42 Å². The van der Waals surface area contributed by atoms with Crippen LogP contribution in [-0.4, -0.2) is 10.2 Å². The van der Waals surface area contributed by atoms with Crippen LogP contribution >= 0.6 is 0 Å². The van der Waals surface area contributed by atoms with Crippen molar-refractivity contribution < 1.29 is 4.42 Å². The summed E-state index contributed by atoms with van der Waals surface area (Å²) in [4.78, 5) is 0. The topological polar surface area (TPSA) is 64.9 Å². The Morgan fingerprint density at radius 1 is 1.42 bits per heavy atom. The zero-order valence-electron chi connectivity index (χ0n) is 7.74. The Morgan fingerprint density at radius 3 is 2.50 bits per heavy atom. The lowest BCUT2D eigenvalue weighted by atomic mass is 10.1. The Morgan fingerprint density at radius 2 is 2.08 bits per heavy atom. The number of hydrogen-bond donors (Lipinski definition) is 1. The monoisotopic (exact) mass is 169 g/mol. The van der Waals surface area contributed by atoms with Gasteiger partial charge in [-0.2, -0.15) is 0 Å². The molecule has 0 unspecified atom stereocenters. The van der Waals surface area contributed by atoms with Crippen LogP contribution in [0.25, 0.3) is 0 Å². The maximum absolute atomic E-state index is 5.81. The van der Waals surface area contributed by atoms with Gasteiger partial charge in [-0.25, -0.2) is 0 Å². The molecule has 0 aliphatic carbocycles. The second-order valence-corrected chi connectivity index (χ2v) is 3.16. The minimum atomic E-state index is -0.141. The maximum atomic E-state index is 5.81. The summed E-state index contributed by atoms with van der Waals surface area (Å²) in [7, 11) is 0. The number of aromatic nitrogens is 2. The van der Waals surface area contributed by atoms with Crippen LogP contribution in [0.3, 0.4) is 0 Å². The summed E-state index contributed by atoms with van der Waals surface area (Å²) >= 11 is 0. The van der Waals surface area contributed by atoms with Crippen molar-refractivity contribution in [3.63, 3.8) is 0 Å². The van der Waals surface area contributed by atoms with Gasteiger partial charge in [0.05, 0.1) is 6.04 Å². The molecular formula is C8H15N3O. The Balaban J connectivity index is 2.74. The Kier molecular flexibility index (Phi) is 2.81. The van der Waals surface area contributed by atoms with Gasteiger partial charge in [0.1, 0.15) is 0 Å². The molecular weight excluding hydrogens is 154 g/mol.